The van der Waals surface area contributed by atoms with Crippen LogP contribution in [0.3, 0.4) is 0 Å². The van der Waals surface area contributed by atoms with Crippen molar-refractivity contribution in [1.29, 1.82) is 0 Å². The van der Waals surface area contributed by atoms with Gasteiger partial charge >= 0.3 is 12.1 Å². The lowest BCUT2D eigenvalue weighted by Crippen LogP contribution is -2.49. The quantitative estimate of drug-likeness (QED) is 0.156. The van der Waals surface area contributed by atoms with E-state index >= 15 is 0 Å². The number of likely N-dealkylation sites (tertiary alicyclic amines) is 1. The number of rotatable bonds is 12. The molecule has 3 N–H and O–H groups in total. The summed E-state index contributed by atoms with van der Waals surface area (Å²) in [6.45, 7) is 7.94. The largest absolute Gasteiger partial charge is 0.481 e. The number of benzene rings is 2. The number of aliphatic carboxylic acids is 1. The normalized spacial score (nSPS) is 15.4. The fraction of sp³-hybridized carbons (Fsp3) is 0.429. The van der Waals surface area contributed by atoms with Crippen LogP contribution in [0.1, 0.15) is 66.6 Å². The van der Waals surface area contributed by atoms with Gasteiger partial charge in [-0.3, -0.25) is 19.3 Å². The van der Waals surface area contributed by atoms with Gasteiger partial charge in [0.2, 0.25) is 5.91 Å². The number of amides is 1. The van der Waals surface area contributed by atoms with E-state index in [4.69, 9.17) is 0 Å². The molecule has 48 heavy (non-hydrogen) atoms. The summed E-state index contributed by atoms with van der Waals surface area (Å²) in [7, 11) is 0. The monoisotopic (exact) mass is 669 g/mol. The summed E-state index contributed by atoms with van der Waals surface area (Å²) in [5.41, 5.74) is 2.92. The van der Waals surface area contributed by atoms with Gasteiger partial charge in [0.15, 0.2) is 0 Å². The van der Waals surface area contributed by atoms with Crippen molar-refractivity contribution in [2.45, 2.75) is 71.4 Å². The molecule has 0 saturated carbocycles. The Bertz CT molecular complexity index is 1860. The smallest absolute Gasteiger partial charge is 0.416 e. The van der Waals surface area contributed by atoms with Crippen molar-refractivity contribution in [3.8, 4) is 11.1 Å². The molecule has 0 radical (unpaired) electrons. The van der Waals surface area contributed by atoms with E-state index in [9.17, 15) is 37.1 Å². The molecule has 1 amide bonds. The number of hydrogen-bond donors (Lipinski definition) is 3. The number of carbonyl (C=O) groups excluding carboxylic acids is 1. The molecule has 0 spiro atoms. The summed E-state index contributed by atoms with van der Waals surface area (Å²) in [5, 5.41) is 12.7. The van der Waals surface area contributed by atoms with Gasteiger partial charge in [0, 0.05) is 37.5 Å². The summed E-state index contributed by atoms with van der Waals surface area (Å²) in [4.78, 5) is 48.7. The van der Waals surface area contributed by atoms with E-state index in [0.717, 1.165) is 33.0 Å². The van der Waals surface area contributed by atoms with Crippen LogP contribution < -0.4 is 10.9 Å². The second-order valence-electron chi connectivity index (χ2n) is 13.0. The summed E-state index contributed by atoms with van der Waals surface area (Å²) >= 11 is 0. The van der Waals surface area contributed by atoms with Crippen LogP contribution in [0, 0.1) is 19.8 Å². The highest BCUT2D eigenvalue weighted by Crippen LogP contribution is 2.35. The third-order valence-electron chi connectivity index (χ3n) is 8.81. The summed E-state index contributed by atoms with van der Waals surface area (Å²) in [6.07, 6.45) is -3.83. The second kappa shape index (κ2) is 13.9. The number of hydrogen-bond acceptors (Lipinski definition) is 5. The van der Waals surface area contributed by atoms with Crippen molar-refractivity contribution >= 4 is 22.9 Å². The first-order valence-electron chi connectivity index (χ1n) is 15.9. The molecule has 1 saturated heterocycles. The van der Waals surface area contributed by atoms with Crippen LogP contribution in [0.15, 0.2) is 53.7 Å². The van der Waals surface area contributed by atoms with Gasteiger partial charge in [0.25, 0.3) is 5.56 Å². The standard InChI is InChI=1S/C35H39F4N5O4/c1-19(2)10-29(44-15-22(8-9-43-16-24(36)17-43)26(13-30(44)45)35(37,38)39)34(48)42-27(14-31(46)47)25-11-23(12-28-33(25)41-18-40-28)32-20(3)6-5-7-21(32)4/h5-7,11-13,15,18-19,24,27,29H,8-10,14,16-17H2,1-4H3,(H,40,41)(H,42,48)(H,46,47). The highest BCUT2D eigenvalue weighted by Gasteiger charge is 2.36. The minimum absolute atomic E-state index is 0.0895. The fourth-order valence-corrected chi connectivity index (χ4v) is 6.50. The number of fused-ring (bicyclic) bond motifs is 1. The molecule has 1 fully saturated rings. The first-order chi connectivity index (χ1) is 22.6. The molecule has 2 aromatic heterocycles. The molecule has 2 aromatic carbocycles. The van der Waals surface area contributed by atoms with Gasteiger partial charge in [-0.15, -0.1) is 0 Å². The van der Waals surface area contributed by atoms with Gasteiger partial charge in [-0.25, -0.2) is 9.37 Å². The molecule has 1 aliphatic heterocycles. The predicted octanol–water partition coefficient (Wildman–Crippen LogP) is 6.14. The van der Waals surface area contributed by atoms with Gasteiger partial charge in [-0.05, 0) is 72.6 Å². The van der Waals surface area contributed by atoms with Crippen LogP contribution >= 0.6 is 0 Å². The number of alkyl halides is 4. The Morgan fingerprint density at radius 2 is 1.81 bits per heavy atom. The lowest BCUT2D eigenvalue weighted by atomic mass is 9.91. The van der Waals surface area contributed by atoms with E-state index in [0.29, 0.717) is 22.7 Å². The molecule has 2 unspecified atom stereocenters. The molecule has 2 atom stereocenters. The fourth-order valence-electron chi connectivity index (χ4n) is 6.50. The molecule has 1 aliphatic rings. The minimum atomic E-state index is -4.82. The zero-order valence-corrected chi connectivity index (χ0v) is 27.2. The summed E-state index contributed by atoms with van der Waals surface area (Å²) in [5.74, 6) is -2.08. The van der Waals surface area contributed by atoms with Gasteiger partial charge in [-0.2, -0.15) is 13.2 Å². The average molecular weight is 670 g/mol. The molecule has 5 rings (SSSR count). The number of H-pyrrole nitrogens is 1. The van der Waals surface area contributed by atoms with Crippen molar-refractivity contribution in [2.75, 3.05) is 19.6 Å². The van der Waals surface area contributed by atoms with Crippen LogP contribution in [0.4, 0.5) is 17.6 Å². The van der Waals surface area contributed by atoms with Crippen LogP contribution in [0.25, 0.3) is 22.2 Å². The molecule has 256 valence electrons. The number of carboxylic acid groups (broad SMARTS) is 1. The third kappa shape index (κ3) is 7.61. The van der Waals surface area contributed by atoms with E-state index in [1.165, 1.54) is 6.33 Å². The first-order valence-corrected chi connectivity index (χ1v) is 15.9. The Morgan fingerprint density at radius 1 is 1.12 bits per heavy atom. The van der Waals surface area contributed by atoms with E-state index in [1.807, 2.05) is 52.0 Å². The lowest BCUT2D eigenvalue weighted by molar-refractivity contribution is -0.139. The zero-order valence-electron chi connectivity index (χ0n) is 27.2. The van der Waals surface area contributed by atoms with Crippen molar-refractivity contribution in [3.05, 3.63) is 87.1 Å². The zero-order chi connectivity index (χ0) is 34.9. The van der Waals surface area contributed by atoms with Crippen molar-refractivity contribution in [1.82, 2.24) is 24.8 Å². The van der Waals surface area contributed by atoms with E-state index in [-0.39, 0.29) is 44.0 Å². The second-order valence-corrected chi connectivity index (χ2v) is 13.0. The Balaban J connectivity index is 1.55. The number of aryl methyl sites for hydroxylation is 2. The summed E-state index contributed by atoms with van der Waals surface area (Å²) in [6, 6.07) is 7.72. The number of halogens is 4. The SMILES string of the molecule is Cc1cccc(C)c1-c1cc(C(CC(=O)O)NC(=O)C(CC(C)C)n2cc(CCN3CC(F)C3)c(C(F)(F)F)cc2=O)c2nc[nH]c2c1. The lowest BCUT2D eigenvalue weighted by Gasteiger charge is -2.34. The number of pyridine rings is 1. The maximum Gasteiger partial charge on any atom is 0.416 e. The van der Waals surface area contributed by atoms with Gasteiger partial charge in [0.1, 0.15) is 12.2 Å². The van der Waals surface area contributed by atoms with Crippen molar-refractivity contribution in [3.63, 3.8) is 0 Å². The highest BCUT2D eigenvalue weighted by molar-refractivity contribution is 5.88. The number of nitrogens with one attached hydrogen (secondary N) is 2. The molecule has 0 bridgehead atoms. The molecule has 4 aromatic rings. The first kappa shape index (κ1) is 34.8. The average Bonchev–Trinajstić information content (AvgIpc) is 3.45. The van der Waals surface area contributed by atoms with Crippen LogP contribution in [-0.2, 0) is 22.2 Å². The molecular weight excluding hydrogens is 630 g/mol. The van der Waals surface area contributed by atoms with Crippen LogP contribution in [0.5, 0.6) is 0 Å². The molecule has 3 heterocycles. The van der Waals surface area contributed by atoms with E-state index < -0.39 is 53.9 Å². The molecular formula is C35H39F4N5O4. The van der Waals surface area contributed by atoms with Gasteiger partial charge in [0.05, 0.1) is 35.4 Å². The molecule has 0 aliphatic carbocycles. The topological polar surface area (TPSA) is 120 Å². The van der Waals surface area contributed by atoms with Crippen LogP contribution in [0.2, 0.25) is 0 Å². The number of imidazole rings is 1. The Morgan fingerprint density at radius 3 is 2.42 bits per heavy atom. The summed E-state index contributed by atoms with van der Waals surface area (Å²) < 4.78 is 56.5. The predicted molar refractivity (Wildman–Crippen MR) is 173 cm³/mol. The van der Waals surface area contributed by atoms with Gasteiger partial charge in [-0.1, -0.05) is 32.0 Å². The Hall–Kier alpha value is -4.52. The number of aromatic nitrogens is 3. The van der Waals surface area contributed by atoms with Crippen molar-refractivity contribution in [2.24, 2.45) is 5.92 Å². The maximum absolute atomic E-state index is 14.1. The van der Waals surface area contributed by atoms with E-state index in [2.05, 4.69) is 15.3 Å². The maximum atomic E-state index is 14.1. The number of carbonyl (C=O) groups is 2. The molecule has 13 heteroatoms. The Kier molecular flexibility index (Phi) is 10.1. The molecule has 9 nitrogen and oxygen atoms in total. The number of aromatic amines is 1. The Labute approximate surface area is 275 Å². The van der Waals surface area contributed by atoms with Gasteiger partial charge < -0.3 is 20.0 Å². The van der Waals surface area contributed by atoms with E-state index in [1.54, 1.807) is 11.0 Å². The minimum Gasteiger partial charge on any atom is -0.481 e. The number of nitrogens with zero attached hydrogens (tertiary/aromatic N) is 3. The number of carboxylic acids is 1. The van der Waals surface area contributed by atoms with Crippen molar-refractivity contribution < 1.29 is 32.3 Å². The highest BCUT2D eigenvalue weighted by atomic mass is 19.4. The van der Waals surface area contributed by atoms with Crippen LogP contribution in [-0.4, -0.2) is 62.2 Å². The third-order valence-corrected chi connectivity index (χ3v) is 8.81.